The zero-order valence-electron chi connectivity index (χ0n) is 15.9. The largest absolute Gasteiger partial charge is 0.335 e. The predicted octanol–water partition coefficient (Wildman–Crippen LogP) is 3.11. The van der Waals surface area contributed by atoms with Gasteiger partial charge in [0.15, 0.2) is 0 Å². The number of nitrogens with one attached hydrogen (secondary N) is 1. The smallest absolute Gasteiger partial charge is 0.244 e. The van der Waals surface area contributed by atoms with Crippen LogP contribution in [0.3, 0.4) is 0 Å². The van der Waals surface area contributed by atoms with Gasteiger partial charge in [-0.2, -0.15) is 0 Å². The number of hydrogen-bond acceptors (Lipinski definition) is 3. The number of amides is 3. The standard InChI is InChI=1S/C22H22FN3O3/c1-2-13-25(14-16-7-3-4-8-17(16)23)21(28)11-12-22(29)26-15-20(27)24-18-9-5-6-10-19(18)26/h2-10H,1,11-15H2,(H,24,27). The molecule has 3 rings (SSSR count). The minimum atomic E-state index is -0.388. The monoisotopic (exact) mass is 395 g/mol. The van der Waals surface area contributed by atoms with E-state index in [1.807, 2.05) is 0 Å². The van der Waals surface area contributed by atoms with Gasteiger partial charge in [0.25, 0.3) is 0 Å². The minimum Gasteiger partial charge on any atom is -0.335 e. The Bertz CT molecular complexity index is 944. The van der Waals surface area contributed by atoms with Crippen molar-refractivity contribution in [1.82, 2.24) is 4.90 Å². The predicted molar refractivity (Wildman–Crippen MR) is 109 cm³/mol. The Labute approximate surface area is 168 Å². The maximum atomic E-state index is 13.9. The summed E-state index contributed by atoms with van der Waals surface area (Å²) in [5.74, 6) is -1.26. The molecule has 0 fully saturated rings. The van der Waals surface area contributed by atoms with Crippen molar-refractivity contribution < 1.29 is 18.8 Å². The van der Waals surface area contributed by atoms with Gasteiger partial charge in [0.05, 0.1) is 11.4 Å². The number of hydrogen-bond donors (Lipinski definition) is 1. The summed E-state index contributed by atoms with van der Waals surface area (Å²) in [6, 6.07) is 13.3. The van der Waals surface area contributed by atoms with Crippen LogP contribution in [0, 0.1) is 5.82 Å². The molecule has 0 radical (unpaired) electrons. The van der Waals surface area contributed by atoms with E-state index >= 15 is 0 Å². The second-order valence-corrected chi connectivity index (χ2v) is 6.70. The number of rotatable bonds is 7. The average molecular weight is 395 g/mol. The quantitative estimate of drug-likeness (QED) is 0.733. The SMILES string of the molecule is C=CCN(Cc1ccccc1F)C(=O)CCC(=O)N1CC(=O)Nc2ccccc21. The molecule has 2 aromatic carbocycles. The summed E-state index contributed by atoms with van der Waals surface area (Å²) in [5, 5.41) is 2.72. The maximum Gasteiger partial charge on any atom is 0.244 e. The van der Waals surface area contributed by atoms with E-state index in [0.29, 0.717) is 16.9 Å². The number of para-hydroxylation sites is 2. The van der Waals surface area contributed by atoms with Crippen molar-refractivity contribution >= 4 is 29.1 Å². The third-order valence-electron chi connectivity index (χ3n) is 4.65. The number of nitrogens with zero attached hydrogens (tertiary/aromatic N) is 2. The fourth-order valence-electron chi connectivity index (χ4n) is 3.21. The number of carbonyl (C=O) groups excluding carboxylic acids is 3. The van der Waals surface area contributed by atoms with Crippen molar-refractivity contribution in [3.05, 3.63) is 72.6 Å². The molecule has 1 heterocycles. The molecule has 1 aliphatic rings. The van der Waals surface area contributed by atoms with Gasteiger partial charge >= 0.3 is 0 Å². The van der Waals surface area contributed by atoms with Crippen LogP contribution in [0.2, 0.25) is 0 Å². The van der Waals surface area contributed by atoms with Gasteiger partial charge in [-0.1, -0.05) is 36.4 Å². The number of fused-ring (bicyclic) bond motifs is 1. The van der Waals surface area contributed by atoms with Crippen LogP contribution in [0.5, 0.6) is 0 Å². The van der Waals surface area contributed by atoms with E-state index in [0.717, 1.165) is 0 Å². The lowest BCUT2D eigenvalue weighted by Gasteiger charge is -2.29. The van der Waals surface area contributed by atoms with Crippen molar-refractivity contribution in [1.29, 1.82) is 0 Å². The molecule has 1 N–H and O–H groups in total. The summed E-state index contributed by atoms with van der Waals surface area (Å²) in [6.45, 7) is 3.90. The number of carbonyl (C=O) groups is 3. The summed E-state index contributed by atoms with van der Waals surface area (Å²) in [7, 11) is 0. The highest BCUT2D eigenvalue weighted by Crippen LogP contribution is 2.29. The normalized spacial score (nSPS) is 12.7. The molecule has 1 aliphatic heterocycles. The molecule has 29 heavy (non-hydrogen) atoms. The molecule has 3 amide bonds. The van der Waals surface area contributed by atoms with E-state index in [-0.39, 0.29) is 56.0 Å². The van der Waals surface area contributed by atoms with E-state index in [4.69, 9.17) is 0 Å². The number of benzene rings is 2. The molecular weight excluding hydrogens is 373 g/mol. The van der Waals surface area contributed by atoms with Crippen LogP contribution < -0.4 is 10.2 Å². The van der Waals surface area contributed by atoms with Crippen LogP contribution in [0.15, 0.2) is 61.2 Å². The van der Waals surface area contributed by atoms with Gasteiger partial charge in [-0.15, -0.1) is 6.58 Å². The third kappa shape index (κ3) is 4.87. The Kier molecular flexibility index (Phi) is 6.39. The molecule has 0 saturated heterocycles. The lowest BCUT2D eigenvalue weighted by atomic mass is 10.1. The molecule has 0 aliphatic carbocycles. The molecule has 0 atom stereocenters. The third-order valence-corrected chi connectivity index (χ3v) is 4.65. The first-order valence-corrected chi connectivity index (χ1v) is 9.31. The van der Waals surface area contributed by atoms with Gasteiger partial charge in [-0.05, 0) is 18.2 Å². The van der Waals surface area contributed by atoms with Gasteiger partial charge in [-0.3, -0.25) is 14.4 Å². The Hall–Kier alpha value is -3.48. The summed E-state index contributed by atoms with van der Waals surface area (Å²) in [5.41, 5.74) is 1.57. The van der Waals surface area contributed by atoms with Crippen LogP contribution in [0.4, 0.5) is 15.8 Å². The summed E-state index contributed by atoms with van der Waals surface area (Å²) in [4.78, 5) is 40.1. The fourth-order valence-corrected chi connectivity index (χ4v) is 3.21. The first-order valence-electron chi connectivity index (χ1n) is 9.31. The topological polar surface area (TPSA) is 69.7 Å². The van der Waals surface area contributed by atoms with Gasteiger partial charge in [0.1, 0.15) is 12.4 Å². The molecule has 2 aromatic rings. The number of halogens is 1. The molecule has 0 saturated carbocycles. The van der Waals surface area contributed by atoms with Gasteiger partial charge in [0, 0.05) is 31.5 Å². The van der Waals surface area contributed by atoms with Crippen LogP contribution in [0.25, 0.3) is 0 Å². The van der Waals surface area contributed by atoms with E-state index in [2.05, 4.69) is 11.9 Å². The molecule has 0 spiro atoms. The molecule has 0 unspecified atom stereocenters. The van der Waals surface area contributed by atoms with Gasteiger partial charge in [-0.25, -0.2) is 4.39 Å². The minimum absolute atomic E-state index is 0.0403. The first-order chi connectivity index (χ1) is 14.0. The van der Waals surface area contributed by atoms with Crippen LogP contribution in [-0.4, -0.2) is 35.7 Å². The van der Waals surface area contributed by atoms with Crippen LogP contribution in [-0.2, 0) is 20.9 Å². The Morgan fingerprint density at radius 2 is 1.86 bits per heavy atom. The van der Waals surface area contributed by atoms with Crippen molar-refractivity contribution in [3.8, 4) is 0 Å². The summed E-state index contributed by atoms with van der Waals surface area (Å²) < 4.78 is 13.9. The highest BCUT2D eigenvalue weighted by Gasteiger charge is 2.27. The molecule has 0 bridgehead atoms. The van der Waals surface area contributed by atoms with E-state index in [1.54, 1.807) is 48.5 Å². The van der Waals surface area contributed by atoms with E-state index in [1.165, 1.54) is 15.9 Å². The van der Waals surface area contributed by atoms with E-state index in [9.17, 15) is 18.8 Å². The molecule has 0 aromatic heterocycles. The van der Waals surface area contributed by atoms with Gasteiger partial charge < -0.3 is 15.1 Å². The zero-order valence-corrected chi connectivity index (χ0v) is 15.9. The molecule has 150 valence electrons. The number of anilines is 2. The Morgan fingerprint density at radius 3 is 2.62 bits per heavy atom. The Balaban J connectivity index is 1.65. The van der Waals surface area contributed by atoms with Crippen molar-refractivity contribution in [3.63, 3.8) is 0 Å². The molecular formula is C22H22FN3O3. The second-order valence-electron chi connectivity index (χ2n) is 6.70. The maximum absolute atomic E-state index is 13.9. The molecule has 7 heteroatoms. The van der Waals surface area contributed by atoms with Crippen LogP contribution >= 0.6 is 0 Å². The highest BCUT2D eigenvalue weighted by atomic mass is 19.1. The van der Waals surface area contributed by atoms with Gasteiger partial charge in [0.2, 0.25) is 17.7 Å². The highest BCUT2D eigenvalue weighted by molar-refractivity contribution is 6.10. The average Bonchev–Trinajstić information content (AvgIpc) is 2.72. The lowest BCUT2D eigenvalue weighted by Crippen LogP contribution is -2.42. The fraction of sp³-hybridized carbons (Fsp3) is 0.227. The Morgan fingerprint density at radius 1 is 1.14 bits per heavy atom. The summed E-state index contributed by atoms with van der Waals surface area (Å²) >= 11 is 0. The van der Waals surface area contributed by atoms with Crippen molar-refractivity contribution in [2.75, 3.05) is 23.3 Å². The van der Waals surface area contributed by atoms with Crippen LogP contribution in [0.1, 0.15) is 18.4 Å². The second kappa shape index (κ2) is 9.14. The molecule has 6 nitrogen and oxygen atoms in total. The lowest BCUT2D eigenvalue weighted by molar-refractivity contribution is -0.133. The van der Waals surface area contributed by atoms with Crippen molar-refractivity contribution in [2.24, 2.45) is 0 Å². The van der Waals surface area contributed by atoms with E-state index < -0.39 is 0 Å². The summed E-state index contributed by atoms with van der Waals surface area (Å²) in [6.07, 6.45) is 1.47. The zero-order chi connectivity index (χ0) is 20.8. The first kappa shape index (κ1) is 20.3. The van der Waals surface area contributed by atoms with Crippen molar-refractivity contribution in [2.45, 2.75) is 19.4 Å².